The monoisotopic (exact) mass is 382 g/mol. The summed E-state index contributed by atoms with van der Waals surface area (Å²) in [5, 5.41) is 0. The van der Waals surface area contributed by atoms with Crippen molar-refractivity contribution < 1.29 is 9.59 Å². The number of unbranched alkanes of at least 4 members (excludes halogenated alkanes) is 1. The summed E-state index contributed by atoms with van der Waals surface area (Å²) >= 11 is 0. The second-order valence-corrected chi connectivity index (χ2v) is 9.25. The molecule has 0 saturated heterocycles. The molecule has 2 fully saturated rings. The fraction of sp³-hybridized carbons (Fsp3) is 0.692. The maximum Gasteiger partial charge on any atom is 0.162 e. The SMILES string of the molecule is CCCCC(=O)c1ccc(C2CCC([C@H]3CC[C@H](CCC)C(=O)C3)CC2)cc1. The highest BCUT2D eigenvalue weighted by Crippen LogP contribution is 2.43. The Kier molecular flexibility index (Phi) is 7.88. The van der Waals surface area contributed by atoms with Crippen LogP contribution < -0.4 is 0 Å². The van der Waals surface area contributed by atoms with E-state index in [9.17, 15) is 9.59 Å². The predicted molar refractivity (Wildman–Crippen MR) is 116 cm³/mol. The molecule has 2 nitrogen and oxygen atoms in total. The van der Waals surface area contributed by atoms with Gasteiger partial charge in [0.25, 0.3) is 0 Å². The molecule has 2 aliphatic carbocycles. The fourth-order valence-corrected chi connectivity index (χ4v) is 5.51. The lowest BCUT2D eigenvalue weighted by Crippen LogP contribution is -2.30. The number of Topliss-reactive ketones (excluding diaryl/α,β-unsaturated/α-hetero) is 2. The van der Waals surface area contributed by atoms with E-state index in [1.165, 1.54) is 37.7 Å². The molecule has 0 aliphatic heterocycles. The van der Waals surface area contributed by atoms with E-state index in [4.69, 9.17) is 0 Å². The lowest BCUT2D eigenvalue weighted by Gasteiger charge is -2.37. The van der Waals surface area contributed by atoms with E-state index in [0.717, 1.165) is 50.0 Å². The van der Waals surface area contributed by atoms with Gasteiger partial charge in [-0.3, -0.25) is 9.59 Å². The number of carbonyl (C=O) groups excluding carboxylic acids is 2. The zero-order valence-electron chi connectivity index (χ0n) is 17.9. The molecule has 1 aromatic carbocycles. The van der Waals surface area contributed by atoms with Crippen molar-refractivity contribution in [1.82, 2.24) is 0 Å². The van der Waals surface area contributed by atoms with Crippen molar-refractivity contribution in [3.05, 3.63) is 35.4 Å². The Morgan fingerprint density at radius 2 is 1.57 bits per heavy atom. The maximum absolute atomic E-state index is 12.4. The summed E-state index contributed by atoms with van der Waals surface area (Å²) in [6, 6.07) is 8.44. The van der Waals surface area contributed by atoms with Gasteiger partial charge in [-0.2, -0.15) is 0 Å². The summed E-state index contributed by atoms with van der Waals surface area (Å²) in [5.41, 5.74) is 2.27. The van der Waals surface area contributed by atoms with Gasteiger partial charge in [0.05, 0.1) is 0 Å². The van der Waals surface area contributed by atoms with Crippen molar-refractivity contribution in [2.75, 3.05) is 0 Å². The van der Waals surface area contributed by atoms with Gasteiger partial charge in [-0.15, -0.1) is 0 Å². The minimum absolute atomic E-state index is 0.278. The van der Waals surface area contributed by atoms with E-state index >= 15 is 0 Å². The summed E-state index contributed by atoms with van der Waals surface area (Å²) in [5.74, 6) is 3.20. The van der Waals surface area contributed by atoms with Crippen LogP contribution in [-0.2, 0) is 4.79 Å². The number of carbonyl (C=O) groups is 2. The second-order valence-electron chi connectivity index (χ2n) is 9.25. The summed E-state index contributed by atoms with van der Waals surface area (Å²) in [6.07, 6.45) is 13.2. The van der Waals surface area contributed by atoms with Gasteiger partial charge < -0.3 is 0 Å². The topological polar surface area (TPSA) is 34.1 Å². The minimum Gasteiger partial charge on any atom is -0.299 e. The van der Waals surface area contributed by atoms with E-state index in [-0.39, 0.29) is 5.78 Å². The van der Waals surface area contributed by atoms with E-state index < -0.39 is 0 Å². The molecule has 0 N–H and O–H groups in total. The lowest BCUT2D eigenvalue weighted by atomic mass is 9.67. The van der Waals surface area contributed by atoms with Gasteiger partial charge in [0.15, 0.2) is 5.78 Å². The van der Waals surface area contributed by atoms with Crippen molar-refractivity contribution in [3.8, 4) is 0 Å². The van der Waals surface area contributed by atoms with Crippen LogP contribution in [0.5, 0.6) is 0 Å². The Hall–Kier alpha value is -1.44. The lowest BCUT2D eigenvalue weighted by molar-refractivity contribution is -0.127. The molecule has 28 heavy (non-hydrogen) atoms. The van der Waals surface area contributed by atoms with Crippen molar-refractivity contribution in [2.24, 2.45) is 17.8 Å². The molecule has 1 aromatic rings. The van der Waals surface area contributed by atoms with Crippen LogP contribution in [0.2, 0.25) is 0 Å². The Labute approximate surface area is 171 Å². The van der Waals surface area contributed by atoms with Gasteiger partial charge in [0.1, 0.15) is 5.78 Å². The first-order chi connectivity index (χ1) is 13.6. The highest BCUT2D eigenvalue weighted by atomic mass is 16.1. The van der Waals surface area contributed by atoms with Crippen LogP contribution in [0.15, 0.2) is 24.3 Å². The molecule has 0 heterocycles. The van der Waals surface area contributed by atoms with E-state index in [1.54, 1.807) is 0 Å². The zero-order valence-corrected chi connectivity index (χ0v) is 17.9. The van der Waals surface area contributed by atoms with Crippen LogP contribution in [0.1, 0.15) is 113 Å². The Balaban J connectivity index is 1.49. The Bertz CT molecular complexity index is 637. The number of hydrogen-bond donors (Lipinski definition) is 0. The third kappa shape index (κ3) is 5.33. The maximum atomic E-state index is 12.4. The van der Waals surface area contributed by atoms with Gasteiger partial charge >= 0.3 is 0 Å². The molecule has 2 heteroatoms. The summed E-state index contributed by atoms with van der Waals surface area (Å²) < 4.78 is 0. The van der Waals surface area contributed by atoms with Crippen LogP contribution in [0, 0.1) is 17.8 Å². The third-order valence-electron chi connectivity index (χ3n) is 7.34. The van der Waals surface area contributed by atoms with E-state index in [2.05, 4.69) is 26.0 Å². The van der Waals surface area contributed by atoms with Crippen molar-refractivity contribution in [1.29, 1.82) is 0 Å². The Morgan fingerprint density at radius 1 is 0.893 bits per heavy atom. The van der Waals surface area contributed by atoms with Crippen LogP contribution in [0.3, 0.4) is 0 Å². The highest BCUT2D eigenvalue weighted by Gasteiger charge is 2.34. The molecule has 0 radical (unpaired) electrons. The Morgan fingerprint density at radius 3 is 2.18 bits per heavy atom. The highest BCUT2D eigenvalue weighted by molar-refractivity contribution is 5.96. The molecular formula is C26H38O2. The molecule has 2 atom stereocenters. The number of benzene rings is 1. The first-order valence-electron chi connectivity index (χ1n) is 11.8. The third-order valence-corrected chi connectivity index (χ3v) is 7.34. The molecule has 0 amide bonds. The van der Waals surface area contributed by atoms with Crippen molar-refractivity contribution in [2.45, 2.75) is 96.8 Å². The first kappa shape index (κ1) is 21.3. The fourth-order valence-electron chi connectivity index (χ4n) is 5.51. The van der Waals surface area contributed by atoms with Crippen LogP contribution in [0.25, 0.3) is 0 Å². The minimum atomic E-state index is 0.278. The molecular weight excluding hydrogens is 344 g/mol. The zero-order chi connectivity index (χ0) is 19.9. The normalized spacial score (nSPS) is 28.3. The van der Waals surface area contributed by atoms with Gasteiger partial charge in [-0.25, -0.2) is 0 Å². The molecule has 0 unspecified atom stereocenters. The van der Waals surface area contributed by atoms with E-state index in [0.29, 0.717) is 30.0 Å². The first-order valence-corrected chi connectivity index (χ1v) is 11.8. The van der Waals surface area contributed by atoms with Gasteiger partial charge in [-0.1, -0.05) is 51.0 Å². The number of ketones is 2. The quantitative estimate of drug-likeness (QED) is 0.449. The van der Waals surface area contributed by atoms with Gasteiger partial charge in [-0.05, 0) is 74.7 Å². The van der Waals surface area contributed by atoms with Gasteiger partial charge in [0, 0.05) is 24.3 Å². The molecule has 2 saturated carbocycles. The van der Waals surface area contributed by atoms with E-state index in [1.807, 2.05) is 12.1 Å². The number of hydrogen-bond acceptors (Lipinski definition) is 2. The molecule has 0 aromatic heterocycles. The molecule has 0 spiro atoms. The predicted octanol–water partition coefficient (Wildman–Crippen LogP) is 7.12. The molecule has 154 valence electrons. The van der Waals surface area contributed by atoms with Crippen LogP contribution >= 0.6 is 0 Å². The van der Waals surface area contributed by atoms with Crippen LogP contribution in [-0.4, -0.2) is 11.6 Å². The average molecular weight is 383 g/mol. The second kappa shape index (κ2) is 10.4. The molecule has 3 rings (SSSR count). The van der Waals surface area contributed by atoms with Crippen molar-refractivity contribution in [3.63, 3.8) is 0 Å². The van der Waals surface area contributed by atoms with Crippen LogP contribution in [0.4, 0.5) is 0 Å². The summed E-state index contributed by atoms with van der Waals surface area (Å²) in [7, 11) is 0. The van der Waals surface area contributed by atoms with Gasteiger partial charge in [0.2, 0.25) is 0 Å². The average Bonchev–Trinajstić information content (AvgIpc) is 2.74. The summed E-state index contributed by atoms with van der Waals surface area (Å²) in [4.78, 5) is 24.6. The largest absolute Gasteiger partial charge is 0.299 e. The number of rotatable bonds is 8. The van der Waals surface area contributed by atoms with Crippen molar-refractivity contribution >= 4 is 11.6 Å². The smallest absolute Gasteiger partial charge is 0.162 e. The molecule has 2 aliphatic rings. The standard InChI is InChI=1S/C26H38O2/c1-3-5-7-25(27)23-14-12-20(13-15-23)19-8-10-21(11-9-19)24-17-16-22(6-4-2)26(28)18-24/h12-15,19,21-22,24H,3-11,16-18H2,1-2H3/t19?,21?,22-,24-/m0/s1. The summed E-state index contributed by atoms with van der Waals surface area (Å²) in [6.45, 7) is 4.31. The molecule has 0 bridgehead atoms.